The molecule has 0 heterocycles. The summed E-state index contributed by atoms with van der Waals surface area (Å²) < 4.78 is 88.7. The molecular weight excluding hydrogens is 802 g/mol. The largest absolute Gasteiger partial charge is 0.472 e. The molecule has 0 bridgehead atoms. The molecule has 2 unspecified atom stereocenters. The average molecular weight is 905 g/mol. The summed E-state index contributed by atoms with van der Waals surface area (Å²) in [6.07, 6.45) is 18.5. The van der Waals surface area contributed by atoms with E-state index in [1.165, 1.54) is 70.6 Å². The first-order valence-corrected chi connectivity index (χ1v) is 26.8. The van der Waals surface area contributed by atoms with Gasteiger partial charge in [-0.25, -0.2) is 9.13 Å². The van der Waals surface area contributed by atoms with Gasteiger partial charge in [-0.1, -0.05) is 185 Å². The smallest absolute Gasteiger partial charge is 0.388 e. The Bertz CT molecular complexity index is 1230. The van der Waals surface area contributed by atoms with E-state index in [9.17, 15) is 24.0 Å². The zero-order valence-corrected chi connectivity index (χ0v) is 41.9. The van der Waals surface area contributed by atoms with Crippen molar-refractivity contribution < 1.29 is 57.1 Å². The van der Waals surface area contributed by atoms with E-state index in [1.54, 1.807) is 0 Å². The molecule has 0 aliphatic carbocycles. The summed E-state index contributed by atoms with van der Waals surface area (Å²) in [5.74, 6) is 2.85. The van der Waals surface area contributed by atoms with Crippen molar-refractivity contribution in [1.29, 1.82) is 0 Å². The zero-order valence-electron chi connectivity index (χ0n) is 44.1. The Morgan fingerprint density at radius 2 is 0.883 bits per heavy atom. The van der Waals surface area contributed by atoms with Crippen LogP contribution in [0.4, 0.5) is 0 Å². The Labute approximate surface area is 375 Å². The van der Waals surface area contributed by atoms with Gasteiger partial charge in [0.15, 0.2) is 0 Å². The minimum Gasteiger partial charge on any atom is -0.388 e. The van der Waals surface area contributed by atoms with E-state index in [4.69, 9.17) is 24.0 Å². The second-order valence-corrected chi connectivity index (χ2v) is 22.2. The number of phosphoric ester groups is 2. The number of aliphatic hydroxyl groups is 1. The summed E-state index contributed by atoms with van der Waals surface area (Å²) in [5, 5.41) is 10.0. The zero-order chi connectivity index (χ0) is 48.8. The summed E-state index contributed by atoms with van der Waals surface area (Å²) in [5.41, 5.74) is 0. The molecule has 11 nitrogen and oxygen atoms in total. The van der Waals surface area contributed by atoms with Gasteiger partial charge in [-0.05, 0) is 60.2 Å². The maximum Gasteiger partial charge on any atom is 0.472 e. The standard InChI is InChI=1S/C47H98O11P2/c1-38(2)18-12-20-40(5)22-14-24-42(7)26-16-28-44(9)30-32-54-36-47(37-58-60(51,52)57-35-46(48)34-56-59(49,50)53-11)55-33-31-45(10)29-17-27-43(8)25-15-23-41(6)21-13-19-39(3)4/h38-48H,12-37H2,1-11H3,(H,49,50)(H,51,52)/t40-,41-,42-,43-,44-,45-,46-,47+/m1/s1/i9D3,44D. The first-order chi connectivity index (χ1) is 29.8. The lowest BCUT2D eigenvalue weighted by Crippen LogP contribution is -2.27. The van der Waals surface area contributed by atoms with Crippen LogP contribution in [-0.4, -0.2) is 73.9 Å². The third-order valence-corrected chi connectivity index (χ3v) is 13.5. The summed E-state index contributed by atoms with van der Waals surface area (Å²) in [7, 11) is -8.13. The molecule has 0 saturated carbocycles. The first kappa shape index (κ1) is 52.7. The van der Waals surface area contributed by atoms with Gasteiger partial charge in [0.05, 0.1) is 26.4 Å². The summed E-state index contributed by atoms with van der Waals surface area (Å²) in [6.45, 7) is 16.5. The molecule has 3 N–H and O–H groups in total. The predicted molar refractivity (Wildman–Crippen MR) is 248 cm³/mol. The van der Waals surface area contributed by atoms with Crippen LogP contribution < -0.4 is 0 Å². The number of aliphatic hydroxyl groups excluding tert-OH is 1. The predicted octanol–water partition coefficient (Wildman–Crippen LogP) is 13.6. The Kier molecular flexibility index (Phi) is 31.9. The number of rotatable bonds is 43. The Hall–Kier alpha value is 0.1000. The van der Waals surface area contributed by atoms with Gasteiger partial charge in [0.2, 0.25) is 0 Å². The molecule has 0 aliphatic heterocycles. The van der Waals surface area contributed by atoms with Crippen molar-refractivity contribution in [3.63, 3.8) is 0 Å². The summed E-state index contributed by atoms with van der Waals surface area (Å²) in [4.78, 5) is 19.7. The van der Waals surface area contributed by atoms with Crippen molar-refractivity contribution in [3.05, 3.63) is 0 Å². The topological polar surface area (TPSA) is 150 Å². The molecule has 0 aromatic heterocycles. The van der Waals surface area contributed by atoms with Crippen molar-refractivity contribution in [2.24, 2.45) is 47.3 Å². The monoisotopic (exact) mass is 905 g/mol. The van der Waals surface area contributed by atoms with Gasteiger partial charge >= 0.3 is 15.6 Å². The number of hydrogen-bond donors (Lipinski definition) is 3. The molecule has 0 amide bonds. The SMILES string of the molecule is [2H]C([2H])([2H])[C@]([2H])(CCC[C@H](C)CCC[C@H](C)CCCC(C)C)CCOC[C@@H](COP(=O)(O)OC[C@H](O)COP(=O)(O)OC)OCC[C@H](C)CCC[C@H](C)CCC[C@H](C)CCCC(C)C. The molecule has 13 heteroatoms. The van der Waals surface area contributed by atoms with E-state index in [0.717, 1.165) is 63.4 Å². The van der Waals surface area contributed by atoms with Crippen molar-refractivity contribution in [3.8, 4) is 0 Å². The minimum absolute atomic E-state index is 0.0163. The van der Waals surface area contributed by atoms with Crippen molar-refractivity contribution in [1.82, 2.24) is 0 Å². The fraction of sp³-hybridized carbons (Fsp3) is 1.00. The lowest BCUT2D eigenvalue weighted by Gasteiger charge is -2.22. The fourth-order valence-corrected chi connectivity index (χ4v) is 8.63. The van der Waals surface area contributed by atoms with E-state index in [2.05, 4.69) is 71.4 Å². The maximum atomic E-state index is 12.7. The van der Waals surface area contributed by atoms with E-state index in [-0.39, 0.29) is 26.1 Å². The Morgan fingerprint density at radius 1 is 0.500 bits per heavy atom. The van der Waals surface area contributed by atoms with Gasteiger partial charge in [-0.3, -0.25) is 18.1 Å². The second-order valence-electron chi connectivity index (χ2n) is 19.2. The van der Waals surface area contributed by atoms with E-state index < -0.39 is 60.4 Å². The summed E-state index contributed by atoms with van der Waals surface area (Å²) >= 11 is 0. The van der Waals surface area contributed by atoms with Crippen LogP contribution in [-0.2, 0) is 36.7 Å². The van der Waals surface area contributed by atoms with Crippen LogP contribution in [0.15, 0.2) is 0 Å². The van der Waals surface area contributed by atoms with Crippen molar-refractivity contribution in [2.75, 3.05) is 46.8 Å². The van der Waals surface area contributed by atoms with Crippen LogP contribution >= 0.6 is 15.6 Å². The van der Waals surface area contributed by atoms with Crippen LogP contribution in [0.1, 0.15) is 203 Å². The molecular formula is C47H98O11P2. The molecule has 0 radical (unpaired) electrons. The van der Waals surface area contributed by atoms with Crippen LogP contribution in [0.3, 0.4) is 0 Å². The number of hydrogen-bond acceptors (Lipinski definition) is 9. The second kappa shape index (κ2) is 36.3. The lowest BCUT2D eigenvalue weighted by molar-refractivity contribution is -0.0492. The Morgan fingerprint density at radius 3 is 1.30 bits per heavy atom. The van der Waals surface area contributed by atoms with Crippen LogP contribution in [0.5, 0.6) is 0 Å². The number of ether oxygens (including phenoxy) is 2. The van der Waals surface area contributed by atoms with E-state index in [1.807, 2.05) is 0 Å². The van der Waals surface area contributed by atoms with Gasteiger partial charge < -0.3 is 24.4 Å². The molecule has 362 valence electrons. The molecule has 0 aromatic carbocycles. The molecule has 0 rings (SSSR count). The van der Waals surface area contributed by atoms with Gasteiger partial charge in [-0.15, -0.1) is 0 Å². The minimum atomic E-state index is -4.72. The van der Waals surface area contributed by atoms with Gasteiger partial charge in [0, 0.05) is 25.8 Å². The molecule has 0 saturated heterocycles. The highest BCUT2D eigenvalue weighted by Crippen LogP contribution is 2.44. The molecule has 0 aromatic rings. The highest BCUT2D eigenvalue weighted by Gasteiger charge is 2.27. The fourth-order valence-electron chi connectivity index (χ4n) is 7.37. The van der Waals surface area contributed by atoms with Crippen molar-refractivity contribution >= 4 is 15.6 Å². The summed E-state index contributed by atoms with van der Waals surface area (Å²) in [6, 6.07) is 0. The van der Waals surface area contributed by atoms with Crippen LogP contribution in [0, 0.1) is 47.3 Å². The molecule has 0 fully saturated rings. The highest BCUT2D eigenvalue weighted by molar-refractivity contribution is 7.47. The average Bonchev–Trinajstić information content (AvgIpc) is 3.19. The maximum absolute atomic E-state index is 12.7. The van der Waals surface area contributed by atoms with Gasteiger partial charge in [0.1, 0.15) is 12.2 Å². The van der Waals surface area contributed by atoms with E-state index >= 15 is 0 Å². The molecule has 0 aliphatic rings. The number of phosphoric acid groups is 2. The highest BCUT2D eigenvalue weighted by atomic mass is 31.2. The van der Waals surface area contributed by atoms with Gasteiger partial charge in [0.25, 0.3) is 0 Å². The van der Waals surface area contributed by atoms with Crippen LogP contribution in [0.2, 0.25) is 0 Å². The lowest BCUT2D eigenvalue weighted by atomic mass is 9.91. The van der Waals surface area contributed by atoms with Crippen molar-refractivity contribution in [2.45, 2.75) is 210 Å². The quantitative estimate of drug-likeness (QED) is 0.0396. The third kappa shape index (κ3) is 38.5. The molecule has 10 atom stereocenters. The third-order valence-electron chi connectivity index (χ3n) is 11.6. The molecule has 60 heavy (non-hydrogen) atoms. The normalized spacial score (nSPS) is 20.2. The van der Waals surface area contributed by atoms with Crippen LogP contribution in [0.25, 0.3) is 0 Å². The first-order valence-electron chi connectivity index (χ1n) is 25.8. The Balaban J connectivity index is 5.14. The van der Waals surface area contributed by atoms with E-state index in [0.29, 0.717) is 36.7 Å². The molecule has 0 spiro atoms. The van der Waals surface area contributed by atoms with Gasteiger partial charge in [-0.2, -0.15) is 0 Å².